The van der Waals surface area contributed by atoms with Crippen molar-refractivity contribution in [3.05, 3.63) is 66.0 Å². The van der Waals surface area contributed by atoms with Crippen molar-refractivity contribution < 1.29 is 13.6 Å². The molecule has 0 aliphatic carbocycles. The molecule has 3 rings (SSSR count). The monoisotopic (exact) mass is 481 g/mol. The van der Waals surface area contributed by atoms with Gasteiger partial charge < -0.3 is 4.79 Å². The number of alkyl halides is 2. The van der Waals surface area contributed by atoms with E-state index in [1.807, 2.05) is 40.5 Å². The van der Waals surface area contributed by atoms with E-state index in [9.17, 15) is 13.6 Å². The van der Waals surface area contributed by atoms with Gasteiger partial charge >= 0.3 is 0 Å². The number of aromatic nitrogens is 2. The first kappa shape index (κ1) is 19.5. The Kier molecular flexibility index (Phi) is 5.59. The number of carbonyl (C=O) groups excluding carboxylic acids is 1. The molecule has 3 aromatic rings. The highest BCUT2D eigenvalue weighted by molar-refractivity contribution is 14.1. The molecule has 0 bridgehead atoms. The molecule has 1 heterocycles. The second-order valence-corrected chi connectivity index (χ2v) is 7.22. The van der Waals surface area contributed by atoms with Crippen LogP contribution in [0.3, 0.4) is 0 Å². The zero-order valence-corrected chi connectivity index (χ0v) is 17.0. The Hall–Kier alpha value is -2.29. The van der Waals surface area contributed by atoms with Crippen LogP contribution in [0.15, 0.2) is 54.7 Å². The molecule has 0 fully saturated rings. The lowest BCUT2D eigenvalue weighted by Gasteiger charge is -2.21. The number of nitrogens with zero attached hydrogens (tertiary/aromatic N) is 3. The molecule has 1 aromatic heterocycles. The van der Waals surface area contributed by atoms with Gasteiger partial charge in [-0.3, -0.25) is 7.80 Å². The van der Waals surface area contributed by atoms with Crippen LogP contribution < -0.4 is 3.11 Å². The summed E-state index contributed by atoms with van der Waals surface area (Å²) in [5, 5.41) is 4.36. The van der Waals surface area contributed by atoms with Crippen LogP contribution in [0, 0.1) is 6.92 Å². The van der Waals surface area contributed by atoms with Crippen molar-refractivity contribution in [1.82, 2.24) is 9.78 Å². The van der Waals surface area contributed by atoms with Gasteiger partial charge in [-0.25, -0.2) is 8.78 Å². The second-order valence-electron chi connectivity index (χ2n) is 6.25. The fourth-order valence-electron chi connectivity index (χ4n) is 2.86. The molecule has 2 aromatic carbocycles. The second kappa shape index (κ2) is 7.75. The number of aldehydes is 1. The molecule has 0 N–H and O–H groups in total. The molecule has 0 unspecified atom stereocenters. The Labute approximate surface area is 170 Å². The lowest BCUT2D eigenvalue weighted by Crippen LogP contribution is -2.09. The fourth-order valence-corrected chi connectivity index (χ4v) is 3.59. The average molecular weight is 481 g/mol. The van der Waals surface area contributed by atoms with E-state index < -0.39 is 5.92 Å². The third-order valence-corrected chi connectivity index (χ3v) is 5.27. The molecule has 0 saturated heterocycles. The maximum atomic E-state index is 13.7. The molecule has 0 atom stereocenters. The van der Waals surface area contributed by atoms with Crippen molar-refractivity contribution in [3.8, 4) is 11.1 Å². The van der Waals surface area contributed by atoms with Crippen molar-refractivity contribution in [2.24, 2.45) is 0 Å². The number of benzene rings is 2. The molecule has 27 heavy (non-hydrogen) atoms. The van der Waals surface area contributed by atoms with Crippen molar-refractivity contribution in [3.63, 3.8) is 0 Å². The van der Waals surface area contributed by atoms with E-state index in [4.69, 9.17) is 0 Å². The van der Waals surface area contributed by atoms with Gasteiger partial charge in [-0.05, 0) is 25.1 Å². The molecule has 0 saturated carbocycles. The first-order valence-corrected chi connectivity index (χ1v) is 9.29. The van der Waals surface area contributed by atoms with Crippen LogP contribution in [-0.4, -0.2) is 16.1 Å². The SMILES string of the molecule is Cc1nn(CC=O)cc1-c1ccccc1N(I)c1cccc(C(C)(F)F)c1. The lowest BCUT2D eigenvalue weighted by atomic mass is 10.0. The quantitative estimate of drug-likeness (QED) is 0.259. The molecular weight excluding hydrogens is 463 g/mol. The van der Waals surface area contributed by atoms with Crippen molar-refractivity contribution in [2.75, 3.05) is 3.11 Å². The van der Waals surface area contributed by atoms with E-state index in [0.717, 1.165) is 35.7 Å². The molecule has 0 aliphatic heterocycles. The minimum atomic E-state index is -2.90. The number of para-hydroxylation sites is 1. The van der Waals surface area contributed by atoms with E-state index in [0.29, 0.717) is 5.69 Å². The zero-order chi connectivity index (χ0) is 19.6. The van der Waals surface area contributed by atoms with Crippen LogP contribution in [0.1, 0.15) is 18.2 Å². The van der Waals surface area contributed by atoms with Crippen LogP contribution in [0.25, 0.3) is 11.1 Å². The van der Waals surface area contributed by atoms with Crippen molar-refractivity contribution in [2.45, 2.75) is 26.3 Å². The summed E-state index contributed by atoms with van der Waals surface area (Å²) in [7, 11) is 0. The van der Waals surface area contributed by atoms with Crippen LogP contribution in [0.2, 0.25) is 0 Å². The normalized spacial score (nSPS) is 11.4. The van der Waals surface area contributed by atoms with Crippen LogP contribution in [0.5, 0.6) is 0 Å². The predicted octanol–water partition coefficient (Wildman–Crippen LogP) is 5.66. The van der Waals surface area contributed by atoms with Gasteiger partial charge in [-0.1, -0.05) is 30.3 Å². The number of hydrogen-bond acceptors (Lipinski definition) is 3. The smallest absolute Gasteiger partial charge is 0.270 e. The summed E-state index contributed by atoms with van der Waals surface area (Å²) in [4.78, 5) is 10.8. The first-order chi connectivity index (χ1) is 12.8. The zero-order valence-electron chi connectivity index (χ0n) is 14.9. The Bertz CT molecular complexity index is 966. The number of aryl methyl sites for hydroxylation is 1. The highest BCUT2D eigenvalue weighted by Crippen LogP contribution is 2.40. The number of anilines is 2. The molecule has 4 nitrogen and oxygen atoms in total. The van der Waals surface area contributed by atoms with Crippen LogP contribution in [-0.2, 0) is 17.3 Å². The molecular formula is C20H18F2IN3O. The van der Waals surface area contributed by atoms with Gasteiger partial charge in [0.1, 0.15) is 6.29 Å². The maximum Gasteiger partial charge on any atom is 0.270 e. The van der Waals surface area contributed by atoms with Gasteiger partial charge in [-0.15, -0.1) is 0 Å². The highest BCUT2D eigenvalue weighted by atomic mass is 127. The highest BCUT2D eigenvalue weighted by Gasteiger charge is 2.25. The Morgan fingerprint density at radius 1 is 1.19 bits per heavy atom. The van der Waals surface area contributed by atoms with Gasteiger partial charge in [0.15, 0.2) is 0 Å². The summed E-state index contributed by atoms with van der Waals surface area (Å²) in [5.74, 6) is -2.90. The number of halogens is 3. The summed E-state index contributed by atoms with van der Waals surface area (Å²) >= 11 is 2.11. The summed E-state index contributed by atoms with van der Waals surface area (Å²) in [6, 6.07) is 14.0. The number of hydrogen-bond donors (Lipinski definition) is 0. The number of rotatable bonds is 6. The molecule has 140 valence electrons. The predicted molar refractivity (Wildman–Crippen MR) is 111 cm³/mol. The lowest BCUT2D eigenvalue weighted by molar-refractivity contribution is -0.108. The van der Waals surface area contributed by atoms with Gasteiger partial charge in [0, 0.05) is 29.8 Å². The van der Waals surface area contributed by atoms with E-state index in [-0.39, 0.29) is 12.1 Å². The molecule has 0 radical (unpaired) electrons. The van der Waals surface area contributed by atoms with E-state index in [2.05, 4.69) is 28.0 Å². The topological polar surface area (TPSA) is 38.1 Å². The number of carbonyl (C=O) groups is 1. The van der Waals surface area contributed by atoms with Crippen LogP contribution in [0.4, 0.5) is 20.2 Å². The van der Waals surface area contributed by atoms with Crippen LogP contribution >= 0.6 is 22.9 Å². The Morgan fingerprint density at radius 3 is 2.63 bits per heavy atom. The fraction of sp³-hybridized carbons (Fsp3) is 0.200. The first-order valence-electron chi connectivity index (χ1n) is 8.32. The van der Waals surface area contributed by atoms with Gasteiger partial charge in [0.05, 0.1) is 46.5 Å². The van der Waals surface area contributed by atoms with E-state index in [1.54, 1.807) is 16.8 Å². The summed E-state index contributed by atoms with van der Waals surface area (Å²) in [5.41, 5.74) is 4.07. The molecule has 0 amide bonds. The van der Waals surface area contributed by atoms with E-state index >= 15 is 0 Å². The third-order valence-electron chi connectivity index (χ3n) is 4.19. The van der Waals surface area contributed by atoms with E-state index in [1.165, 1.54) is 12.1 Å². The largest absolute Gasteiger partial charge is 0.301 e. The maximum absolute atomic E-state index is 13.7. The van der Waals surface area contributed by atoms with Gasteiger partial charge in [0.25, 0.3) is 5.92 Å². The summed E-state index contributed by atoms with van der Waals surface area (Å²) in [6.45, 7) is 2.95. The third kappa shape index (κ3) is 4.18. The van der Waals surface area contributed by atoms with Crippen molar-refractivity contribution in [1.29, 1.82) is 0 Å². The Balaban J connectivity index is 2.05. The Morgan fingerprint density at radius 2 is 1.93 bits per heavy atom. The van der Waals surface area contributed by atoms with Gasteiger partial charge in [0.2, 0.25) is 0 Å². The summed E-state index contributed by atoms with van der Waals surface area (Å²) < 4.78 is 30.9. The summed E-state index contributed by atoms with van der Waals surface area (Å²) in [6.07, 6.45) is 2.62. The minimum Gasteiger partial charge on any atom is -0.301 e. The molecule has 0 aliphatic rings. The molecule has 0 spiro atoms. The van der Waals surface area contributed by atoms with Gasteiger partial charge in [-0.2, -0.15) is 5.10 Å². The minimum absolute atomic E-state index is 0.0332. The standard InChI is InChI=1S/C20H18F2IN3O/c1-14-18(13-25(24-14)10-11-27)17-8-3-4-9-19(17)26(23)16-7-5-6-15(12-16)20(2,21)22/h3-9,11-13H,10H2,1-2H3. The van der Waals surface area contributed by atoms with Crippen molar-refractivity contribution >= 4 is 40.5 Å². The molecule has 7 heteroatoms. The average Bonchev–Trinajstić information content (AvgIpc) is 3.01.